The molecule has 1 aromatic heterocycles. The molecule has 0 N–H and O–H groups in total. The van der Waals surface area contributed by atoms with Gasteiger partial charge in [0.2, 0.25) is 0 Å². The molecule has 18 heavy (non-hydrogen) atoms. The third kappa shape index (κ3) is 6.00. The summed E-state index contributed by atoms with van der Waals surface area (Å²) in [6.45, 7) is 5.79. The Kier molecular flexibility index (Phi) is 7.22. The highest BCUT2D eigenvalue weighted by Crippen LogP contribution is 2.03. The number of rotatable bonds is 4. The minimum Gasteiger partial charge on any atom is -0.257 e. The summed E-state index contributed by atoms with van der Waals surface area (Å²) in [6.07, 6.45) is 7.30. The van der Waals surface area contributed by atoms with E-state index in [0.29, 0.717) is 0 Å². The second-order valence-electron chi connectivity index (χ2n) is 4.05. The van der Waals surface area contributed by atoms with Gasteiger partial charge in [-0.15, -0.1) is 0 Å². The SMILES string of the molecule is C=Cc1ccccn1.CCCCc1ccccc1. The Morgan fingerprint density at radius 3 is 2.28 bits per heavy atom. The van der Waals surface area contributed by atoms with E-state index in [-0.39, 0.29) is 0 Å². The first-order valence-electron chi connectivity index (χ1n) is 6.44. The van der Waals surface area contributed by atoms with Gasteiger partial charge < -0.3 is 0 Å². The van der Waals surface area contributed by atoms with E-state index in [1.54, 1.807) is 12.3 Å². The average molecular weight is 239 g/mol. The van der Waals surface area contributed by atoms with Crippen LogP contribution in [0, 0.1) is 0 Å². The quantitative estimate of drug-likeness (QED) is 0.750. The molecule has 0 amide bonds. The molecule has 0 unspecified atom stereocenters. The minimum absolute atomic E-state index is 0.924. The van der Waals surface area contributed by atoms with Crippen LogP contribution < -0.4 is 0 Å². The maximum absolute atomic E-state index is 3.98. The zero-order valence-corrected chi connectivity index (χ0v) is 11.0. The summed E-state index contributed by atoms with van der Waals surface area (Å²) in [5.74, 6) is 0. The van der Waals surface area contributed by atoms with Crippen molar-refractivity contribution in [3.8, 4) is 0 Å². The fraction of sp³-hybridized carbons (Fsp3) is 0.235. The molecule has 94 valence electrons. The van der Waals surface area contributed by atoms with Gasteiger partial charge in [-0.3, -0.25) is 4.98 Å². The van der Waals surface area contributed by atoms with Gasteiger partial charge in [0, 0.05) is 6.20 Å². The van der Waals surface area contributed by atoms with E-state index in [0.717, 1.165) is 5.69 Å². The molecule has 0 radical (unpaired) electrons. The highest BCUT2D eigenvalue weighted by atomic mass is 14.6. The lowest BCUT2D eigenvalue weighted by Gasteiger charge is -1.96. The second-order valence-corrected chi connectivity index (χ2v) is 4.05. The van der Waals surface area contributed by atoms with Crippen LogP contribution in [0.4, 0.5) is 0 Å². The van der Waals surface area contributed by atoms with Crippen molar-refractivity contribution in [3.05, 3.63) is 72.6 Å². The van der Waals surface area contributed by atoms with Crippen LogP contribution in [0.1, 0.15) is 31.0 Å². The molecule has 1 heteroatoms. The number of benzene rings is 1. The van der Waals surface area contributed by atoms with Gasteiger partial charge in [-0.25, -0.2) is 0 Å². The second kappa shape index (κ2) is 9.17. The summed E-state index contributed by atoms with van der Waals surface area (Å²) < 4.78 is 0. The standard InChI is InChI=1S/C10H14.C7H7N/c1-2-3-7-10-8-5-4-6-9-10;1-2-7-5-3-4-6-8-7/h4-6,8-9H,2-3,7H2,1H3;2-6H,1H2. The van der Waals surface area contributed by atoms with Crippen LogP contribution >= 0.6 is 0 Å². The Hall–Kier alpha value is -1.89. The molecule has 1 aromatic carbocycles. The van der Waals surface area contributed by atoms with Gasteiger partial charge in [0.1, 0.15) is 0 Å². The molecule has 0 saturated heterocycles. The van der Waals surface area contributed by atoms with E-state index >= 15 is 0 Å². The number of hydrogen-bond donors (Lipinski definition) is 0. The minimum atomic E-state index is 0.924. The van der Waals surface area contributed by atoms with Crippen molar-refractivity contribution >= 4 is 6.08 Å². The average Bonchev–Trinajstić information content (AvgIpc) is 2.48. The number of aryl methyl sites for hydroxylation is 1. The van der Waals surface area contributed by atoms with E-state index in [1.165, 1.54) is 24.8 Å². The van der Waals surface area contributed by atoms with Crippen molar-refractivity contribution in [1.29, 1.82) is 0 Å². The van der Waals surface area contributed by atoms with E-state index in [4.69, 9.17) is 0 Å². The van der Waals surface area contributed by atoms with Gasteiger partial charge in [0.05, 0.1) is 5.69 Å². The predicted octanol–water partition coefficient (Wildman–Crippen LogP) is 4.75. The van der Waals surface area contributed by atoms with Crippen molar-refractivity contribution in [2.45, 2.75) is 26.2 Å². The van der Waals surface area contributed by atoms with Crippen LogP contribution in [0.2, 0.25) is 0 Å². The lowest BCUT2D eigenvalue weighted by atomic mass is 10.1. The van der Waals surface area contributed by atoms with Crippen molar-refractivity contribution in [1.82, 2.24) is 4.98 Å². The molecule has 0 fully saturated rings. The van der Waals surface area contributed by atoms with E-state index in [9.17, 15) is 0 Å². The molecule has 0 aliphatic rings. The predicted molar refractivity (Wildman–Crippen MR) is 79.4 cm³/mol. The van der Waals surface area contributed by atoms with Crippen LogP contribution in [-0.4, -0.2) is 4.98 Å². The highest BCUT2D eigenvalue weighted by Gasteiger charge is 1.87. The van der Waals surface area contributed by atoms with Gasteiger partial charge >= 0.3 is 0 Å². The third-order valence-corrected chi connectivity index (χ3v) is 2.56. The molecule has 0 spiro atoms. The van der Waals surface area contributed by atoms with E-state index in [1.807, 2.05) is 18.2 Å². The molecule has 1 heterocycles. The van der Waals surface area contributed by atoms with Crippen molar-refractivity contribution < 1.29 is 0 Å². The summed E-state index contributed by atoms with van der Waals surface area (Å²) in [5, 5.41) is 0. The van der Waals surface area contributed by atoms with Gasteiger partial charge in [0.25, 0.3) is 0 Å². The maximum Gasteiger partial charge on any atom is 0.0623 e. The number of aromatic nitrogens is 1. The van der Waals surface area contributed by atoms with Crippen molar-refractivity contribution in [3.63, 3.8) is 0 Å². The molecule has 0 atom stereocenters. The van der Waals surface area contributed by atoms with Crippen LogP contribution in [0.5, 0.6) is 0 Å². The molecule has 2 rings (SSSR count). The molecule has 0 aliphatic carbocycles. The van der Waals surface area contributed by atoms with Gasteiger partial charge in [-0.05, 0) is 36.6 Å². The lowest BCUT2D eigenvalue weighted by Crippen LogP contribution is -1.81. The summed E-state index contributed by atoms with van der Waals surface area (Å²) in [5.41, 5.74) is 2.39. The Morgan fingerprint density at radius 2 is 1.78 bits per heavy atom. The van der Waals surface area contributed by atoms with Gasteiger partial charge in [-0.1, -0.05) is 56.3 Å². The number of pyridine rings is 1. The molecular weight excluding hydrogens is 218 g/mol. The maximum atomic E-state index is 3.98. The number of hydrogen-bond acceptors (Lipinski definition) is 1. The highest BCUT2D eigenvalue weighted by molar-refractivity contribution is 5.40. The van der Waals surface area contributed by atoms with Gasteiger partial charge in [0.15, 0.2) is 0 Å². The number of unbranched alkanes of at least 4 members (excludes halogenated alkanes) is 1. The van der Waals surface area contributed by atoms with Crippen LogP contribution in [0.15, 0.2) is 61.3 Å². The lowest BCUT2D eigenvalue weighted by molar-refractivity contribution is 0.795. The first-order chi connectivity index (χ1) is 8.86. The fourth-order valence-corrected chi connectivity index (χ4v) is 1.52. The smallest absolute Gasteiger partial charge is 0.0623 e. The molecular formula is C17H21N. The first kappa shape index (κ1) is 14.2. The van der Waals surface area contributed by atoms with Crippen LogP contribution in [0.3, 0.4) is 0 Å². The normalized spacial score (nSPS) is 9.17. The molecule has 0 bridgehead atoms. The molecule has 1 nitrogen and oxygen atoms in total. The zero-order valence-electron chi connectivity index (χ0n) is 11.0. The van der Waals surface area contributed by atoms with Crippen molar-refractivity contribution in [2.24, 2.45) is 0 Å². The topological polar surface area (TPSA) is 12.9 Å². The summed E-state index contributed by atoms with van der Waals surface area (Å²) in [6, 6.07) is 16.4. The van der Waals surface area contributed by atoms with Crippen molar-refractivity contribution in [2.75, 3.05) is 0 Å². The molecule has 0 saturated carbocycles. The van der Waals surface area contributed by atoms with Crippen LogP contribution in [-0.2, 0) is 6.42 Å². The summed E-state index contributed by atoms with van der Waals surface area (Å²) in [7, 11) is 0. The van der Waals surface area contributed by atoms with Gasteiger partial charge in [-0.2, -0.15) is 0 Å². The van der Waals surface area contributed by atoms with E-state index < -0.39 is 0 Å². The largest absolute Gasteiger partial charge is 0.257 e. The van der Waals surface area contributed by atoms with Crippen LogP contribution in [0.25, 0.3) is 6.08 Å². The summed E-state index contributed by atoms with van der Waals surface area (Å²) in [4.78, 5) is 3.98. The molecule has 0 aliphatic heterocycles. The zero-order chi connectivity index (χ0) is 13.1. The molecule has 2 aromatic rings. The Balaban J connectivity index is 0.000000184. The Morgan fingerprint density at radius 1 is 1.06 bits per heavy atom. The monoisotopic (exact) mass is 239 g/mol. The fourth-order valence-electron chi connectivity index (χ4n) is 1.52. The Labute approximate surface area is 110 Å². The third-order valence-electron chi connectivity index (χ3n) is 2.56. The number of nitrogens with zero attached hydrogens (tertiary/aromatic N) is 1. The Bertz CT molecular complexity index is 420. The van der Waals surface area contributed by atoms with E-state index in [2.05, 4.69) is 48.8 Å². The summed E-state index contributed by atoms with van der Waals surface area (Å²) >= 11 is 0. The first-order valence-corrected chi connectivity index (χ1v) is 6.44.